The number of piperazine rings is 1. The monoisotopic (exact) mass is 527 g/mol. The van der Waals surface area contributed by atoms with E-state index in [1.807, 2.05) is 18.3 Å². The van der Waals surface area contributed by atoms with Crippen molar-refractivity contribution in [2.75, 3.05) is 51.3 Å². The number of hydrogen-bond acceptors (Lipinski definition) is 8. The van der Waals surface area contributed by atoms with Gasteiger partial charge in [0.25, 0.3) is 0 Å². The van der Waals surface area contributed by atoms with E-state index in [0.29, 0.717) is 24.8 Å². The summed E-state index contributed by atoms with van der Waals surface area (Å²) in [5, 5.41) is 6.74. The highest BCUT2D eigenvalue weighted by molar-refractivity contribution is 5.78. The summed E-state index contributed by atoms with van der Waals surface area (Å²) in [5.41, 5.74) is 4.93. The van der Waals surface area contributed by atoms with Gasteiger partial charge in [0, 0.05) is 87.7 Å². The van der Waals surface area contributed by atoms with Gasteiger partial charge in [-0.05, 0) is 61.1 Å². The number of carbonyl (C=O) groups is 1. The number of aromatic nitrogens is 3. The average molecular weight is 528 g/mol. The van der Waals surface area contributed by atoms with Gasteiger partial charge in [-0.1, -0.05) is 12.1 Å². The molecule has 9 rings (SSSR count). The van der Waals surface area contributed by atoms with Crippen LogP contribution in [0.5, 0.6) is 0 Å². The maximum atomic E-state index is 13.2. The molecule has 0 saturated carbocycles. The second-order valence-corrected chi connectivity index (χ2v) is 10.9. The standard InChI is InChI=1S/C30H37N7O2/c38-29-21-37-12-10-36(11-13-37)20-23-2-1-3-26(17-23)34-30-31-9-6-28(35-30)24-4-5-25(32-19-24)18-27(33-29)16-22-7-14-39-15-8-22/h1-6,9,17,19,22,27H,7-8,10-16,18,20-21H2,(H,33,38)(H,31,34,35). The first-order chi connectivity index (χ1) is 19.2. The van der Waals surface area contributed by atoms with Crippen LogP contribution in [0.2, 0.25) is 0 Å². The van der Waals surface area contributed by atoms with Gasteiger partial charge >= 0.3 is 0 Å². The lowest BCUT2D eigenvalue weighted by Crippen LogP contribution is -2.50. The summed E-state index contributed by atoms with van der Waals surface area (Å²) in [6.07, 6.45) is 7.41. The molecule has 2 aromatic heterocycles. The zero-order chi connectivity index (χ0) is 26.4. The van der Waals surface area contributed by atoms with Crippen LogP contribution in [-0.4, -0.2) is 82.6 Å². The zero-order valence-corrected chi connectivity index (χ0v) is 22.4. The minimum Gasteiger partial charge on any atom is -0.381 e. The average Bonchev–Trinajstić information content (AvgIpc) is 2.95. The predicted molar refractivity (Wildman–Crippen MR) is 150 cm³/mol. The molecule has 1 amide bonds. The summed E-state index contributed by atoms with van der Waals surface area (Å²) in [6.45, 7) is 6.60. The smallest absolute Gasteiger partial charge is 0.234 e. The molecule has 1 aromatic carbocycles. The first-order valence-electron chi connectivity index (χ1n) is 14.1. The molecule has 8 bridgehead atoms. The highest BCUT2D eigenvalue weighted by Crippen LogP contribution is 2.24. The molecule has 6 aliphatic rings. The topological polar surface area (TPSA) is 95.5 Å². The molecule has 9 nitrogen and oxygen atoms in total. The fraction of sp³-hybridized carbons (Fsp3) is 0.467. The van der Waals surface area contributed by atoms with Gasteiger partial charge in [0.2, 0.25) is 11.9 Å². The van der Waals surface area contributed by atoms with E-state index < -0.39 is 0 Å². The lowest BCUT2D eigenvalue weighted by atomic mass is 9.90. The summed E-state index contributed by atoms with van der Waals surface area (Å²) in [4.78, 5) is 31.9. The number of hydrogen-bond donors (Lipinski definition) is 2. The van der Waals surface area contributed by atoms with E-state index in [9.17, 15) is 4.79 Å². The van der Waals surface area contributed by atoms with E-state index in [1.54, 1.807) is 6.20 Å². The molecule has 2 N–H and O–H groups in total. The van der Waals surface area contributed by atoms with E-state index >= 15 is 0 Å². The predicted octanol–water partition coefficient (Wildman–Crippen LogP) is 3.26. The van der Waals surface area contributed by atoms with Crippen LogP contribution in [0.4, 0.5) is 11.6 Å². The molecule has 39 heavy (non-hydrogen) atoms. The SMILES string of the molecule is O=C1CN2CCN(CC2)Cc2cccc(c2)Nc2nccc(n2)-c2ccc(nc2)CC(CC2CCOCC2)N1. The molecular weight excluding hydrogens is 490 g/mol. The van der Waals surface area contributed by atoms with Crippen LogP contribution in [0, 0.1) is 5.92 Å². The Labute approximate surface area is 230 Å². The second-order valence-electron chi connectivity index (χ2n) is 10.9. The fourth-order valence-corrected chi connectivity index (χ4v) is 5.82. The van der Waals surface area contributed by atoms with Gasteiger partial charge in [-0.25, -0.2) is 9.97 Å². The van der Waals surface area contributed by atoms with Crippen LogP contribution in [0.15, 0.2) is 54.9 Å². The van der Waals surface area contributed by atoms with E-state index in [2.05, 4.69) is 55.7 Å². The molecule has 6 aliphatic heterocycles. The lowest BCUT2D eigenvalue weighted by molar-refractivity contribution is -0.123. The van der Waals surface area contributed by atoms with Gasteiger partial charge in [-0.3, -0.25) is 19.6 Å². The summed E-state index contributed by atoms with van der Waals surface area (Å²) in [5.74, 6) is 1.23. The van der Waals surface area contributed by atoms with Crippen LogP contribution in [0.1, 0.15) is 30.5 Å². The number of nitrogens with zero attached hydrogens (tertiary/aromatic N) is 5. The van der Waals surface area contributed by atoms with Crippen LogP contribution < -0.4 is 10.6 Å². The molecule has 0 spiro atoms. The summed E-state index contributed by atoms with van der Waals surface area (Å²) < 4.78 is 5.57. The molecule has 2 fully saturated rings. The maximum absolute atomic E-state index is 13.2. The van der Waals surface area contributed by atoms with Gasteiger partial charge in [-0.2, -0.15) is 0 Å². The van der Waals surface area contributed by atoms with Crippen molar-refractivity contribution in [2.45, 2.75) is 38.3 Å². The molecule has 2 saturated heterocycles. The van der Waals surface area contributed by atoms with Crippen molar-refractivity contribution < 1.29 is 9.53 Å². The van der Waals surface area contributed by atoms with Crippen molar-refractivity contribution >= 4 is 17.5 Å². The van der Waals surface area contributed by atoms with Crippen molar-refractivity contribution in [3.63, 3.8) is 0 Å². The number of benzene rings is 1. The number of amides is 1. The van der Waals surface area contributed by atoms with Crippen molar-refractivity contribution in [3.05, 3.63) is 66.1 Å². The number of nitrogens with one attached hydrogen (secondary N) is 2. The minimum absolute atomic E-state index is 0.0514. The summed E-state index contributed by atoms with van der Waals surface area (Å²) in [6, 6.07) is 14.5. The highest BCUT2D eigenvalue weighted by atomic mass is 16.5. The fourth-order valence-electron chi connectivity index (χ4n) is 5.82. The van der Waals surface area contributed by atoms with Gasteiger partial charge in [0.15, 0.2) is 0 Å². The van der Waals surface area contributed by atoms with Gasteiger partial charge in [0.05, 0.1) is 12.2 Å². The molecule has 3 aromatic rings. The van der Waals surface area contributed by atoms with Gasteiger partial charge in [-0.15, -0.1) is 0 Å². The molecule has 0 radical (unpaired) electrons. The van der Waals surface area contributed by atoms with Crippen molar-refractivity contribution in [1.29, 1.82) is 0 Å². The number of ether oxygens (including phenoxy) is 1. The molecule has 1 unspecified atom stereocenters. The molecule has 0 aliphatic carbocycles. The first kappa shape index (κ1) is 25.9. The zero-order valence-electron chi connectivity index (χ0n) is 22.4. The Morgan fingerprint density at radius 2 is 1.77 bits per heavy atom. The molecular formula is C30H37N7O2. The lowest BCUT2D eigenvalue weighted by Gasteiger charge is -2.35. The number of carbonyl (C=O) groups excluding carboxylic acids is 1. The maximum Gasteiger partial charge on any atom is 0.234 e. The van der Waals surface area contributed by atoms with Crippen LogP contribution in [0.3, 0.4) is 0 Å². The largest absolute Gasteiger partial charge is 0.381 e. The van der Waals surface area contributed by atoms with Crippen molar-refractivity contribution in [3.8, 4) is 11.3 Å². The quantitative estimate of drug-likeness (QED) is 0.525. The Kier molecular flexibility index (Phi) is 8.08. The van der Waals surface area contributed by atoms with Crippen molar-refractivity contribution in [2.24, 2.45) is 5.92 Å². The Morgan fingerprint density at radius 3 is 2.56 bits per heavy atom. The molecule has 204 valence electrons. The third kappa shape index (κ3) is 6.98. The normalized spacial score (nSPS) is 24.4. The Hall–Kier alpha value is -3.40. The van der Waals surface area contributed by atoms with Crippen LogP contribution in [-0.2, 0) is 22.5 Å². The molecule has 1 atom stereocenters. The summed E-state index contributed by atoms with van der Waals surface area (Å²) >= 11 is 0. The van der Waals surface area contributed by atoms with Crippen LogP contribution >= 0.6 is 0 Å². The van der Waals surface area contributed by atoms with Gasteiger partial charge < -0.3 is 15.4 Å². The number of pyridine rings is 1. The third-order valence-corrected chi connectivity index (χ3v) is 7.98. The Morgan fingerprint density at radius 1 is 0.949 bits per heavy atom. The molecule has 8 heterocycles. The van der Waals surface area contributed by atoms with Crippen LogP contribution in [0.25, 0.3) is 11.3 Å². The van der Waals surface area contributed by atoms with E-state index in [1.165, 1.54) is 5.56 Å². The minimum atomic E-state index is 0.0514. The van der Waals surface area contributed by atoms with E-state index in [4.69, 9.17) is 14.7 Å². The first-order valence-corrected chi connectivity index (χ1v) is 14.1. The summed E-state index contributed by atoms with van der Waals surface area (Å²) in [7, 11) is 0. The number of rotatable bonds is 2. The highest BCUT2D eigenvalue weighted by Gasteiger charge is 2.24. The van der Waals surface area contributed by atoms with E-state index in [-0.39, 0.29) is 11.9 Å². The van der Waals surface area contributed by atoms with Gasteiger partial charge in [0.1, 0.15) is 0 Å². The number of anilines is 2. The Bertz CT molecular complexity index is 1250. The third-order valence-electron chi connectivity index (χ3n) is 7.98. The second kappa shape index (κ2) is 12.2. The Balaban J connectivity index is 1.26. The van der Waals surface area contributed by atoms with E-state index in [0.717, 1.165) is 87.8 Å². The van der Waals surface area contributed by atoms with Crippen molar-refractivity contribution in [1.82, 2.24) is 30.1 Å². The molecule has 9 heteroatoms.